The van der Waals surface area contributed by atoms with Crippen LogP contribution in [0.15, 0.2) is 12.1 Å². The van der Waals surface area contributed by atoms with Gasteiger partial charge < -0.3 is 19.7 Å². The highest BCUT2D eigenvalue weighted by Gasteiger charge is 2.32. The predicted octanol–water partition coefficient (Wildman–Crippen LogP) is 3.05. The minimum absolute atomic E-state index is 0.00460. The second-order valence-electron chi connectivity index (χ2n) is 7.32. The van der Waals surface area contributed by atoms with Crippen LogP contribution in [0.25, 0.3) is 10.2 Å². The van der Waals surface area contributed by atoms with Crippen molar-refractivity contribution < 1.29 is 14.3 Å². The number of nitrogens with one attached hydrogen (secondary N) is 1. The number of aromatic nitrogens is 1. The van der Waals surface area contributed by atoms with Crippen molar-refractivity contribution in [3.05, 3.63) is 12.1 Å². The third kappa shape index (κ3) is 3.66. The number of hydrogen-bond acceptors (Lipinski definition) is 6. The summed E-state index contributed by atoms with van der Waals surface area (Å²) in [4.78, 5) is 19.3. The standard InChI is InChI=1S/C18H25N3O3S/c1-18(2,3)20-16(22)11-8-9-21(10-11)17-19-14-12(23-4)6-7-13(24-5)15(14)25-17/h6-7,11H,8-10H2,1-5H3,(H,20,22). The van der Waals surface area contributed by atoms with Crippen LogP contribution in [0.3, 0.4) is 0 Å². The zero-order valence-electron chi connectivity index (χ0n) is 15.4. The fraction of sp³-hybridized carbons (Fsp3) is 0.556. The fourth-order valence-electron chi connectivity index (χ4n) is 3.03. The smallest absolute Gasteiger partial charge is 0.225 e. The van der Waals surface area contributed by atoms with E-state index in [1.807, 2.05) is 32.9 Å². The summed E-state index contributed by atoms with van der Waals surface area (Å²) in [5, 5.41) is 3.98. The van der Waals surface area contributed by atoms with Gasteiger partial charge in [-0.15, -0.1) is 0 Å². The van der Waals surface area contributed by atoms with Gasteiger partial charge in [0.2, 0.25) is 5.91 Å². The van der Waals surface area contributed by atoms with E-state index in [0.29, 0.717) is 6.54 Å². The molecule has 2 heterocycles. The highest BCUT2D eigenvalue weighted by atomic mass is 32.1. The zero-order valence-corrected chi connectivity index (χ0v) is 16.2. The molecule has 1 aliphatic heterocycles. The van der Waals surface area contributed by atoms with Crippen molar-refractivity contribution in [2.24, 2.45) is 5.92 Å². The minimum atomic E-state index is -0.207. The Morgan fingerprint density at radius 2 is 1.96 bits per heavy atom. The normalized spacial score (nSPS) is 17.8. The SMILES string of the molecule is COc1ccc(OC)c2sc(N3CCC(C(=O)NC(C)(C)C)C3)nc12. The Kier molecular flexibility index (Phi) is 4.77. The van der Waals surface area contributed by atoms with E-state index in [4.69, 9.17) is 14.5 Å². The minimum Gasteiger partial charge on any atom is -0.495 e. The largest absolute Gasteiger partial charge is 0.495 e. The van der Waals surface area contributed by atoms with Crippen LogP contribution >= 0.6 is 11.3 Å². The van der Waals surface area contributed by atoms with Gasteiger partial charge in [0.1, 0.15) is 21.7 Å². The molecular formula is C18H25N3O3S. The highest BCUT2D eigenvalue weighted by Crippen LogP contribution is 2.41. The Hall–Kier alpha value is -2.02. The van der Waals surface area contributed by atoms with Crippen LogP contribution in [-0.4, -0.2) is 43.7 Å². The molecule has 0 saturated carbocycles. The molecule has 1 atom stereocenters. The Balaban J connectivity index is 1.82. The molecule has 1 N–H and O–H groups in total. The van der Waals surface area contributed by atoms with Crippen LogP contribution < -0.4 is 19.7 Å². The van der Waals surface area contributed by atoms with E-state index >= 15 is 0 Å². The van der Waals surface area contributed by atoms with E-state index in [0.717, 1.165) is 39.8 Å². The summed E-state index contributed by atoms with van der Waals surface area (Å²) in [7, 11) is 3.30. The summed E-state index contributed by atoms with van der Waals surface area (Å²) in [5.74, 6) is 1.64. The summed E-state index contributed by atoms with van der Waals surface area (Å²) in [6.45, 7) is 7.52. The number of ether oxygens (including phenoxy) is 2. The summed E-state index contributed by atoms with van der Waals surface area (Å²) in [6, 6.07) is 3.76. The first-order chi connectivity index (χ1) is 11.8. The van der Waals surface area contributed by atoms with Crippen LogP contribution in [0.2, 0.25) is 0 Å². The van der Waals surface area contributed by atoms with Gasteiger partial charge in [0.25, 0.3) is 0 Å². The first-order valence-corrected chi connectivity index (χ1v) is 9.22. The molecule has 0 spiro atoms. The zero-order chi connectivity index (χ0) is 18.2. The molecule has 1 amide bonds. The molecule has 136 valence electrons. The molecule has 2 aromatic rings. The maximum Gasteiger partial charge on any atom is 0.225 e. The van der Waals surface area contributed by atoms with Crippen molar-refractivity contribution >= 4 is 32.6 Å². The highest BCUT2D eigenvalue weighted by molar-refractivity contribution is 7.22. The molecule has 25 heavy (non-hydrogen) atoms. The van der Waals surface area contributed by atoms with E-state index in [2.05, 4.69) is 10.2 Å². The van der Waals surface area contributed by atoms with E-state index in [1.165, 1.54) is 0 Å². The number of carbonyl (C=O) groups excluding carboxylic acids is 1. The number of benzene rings is 1. The van der Waals surface area contributed by atoms with Crippen molar-refractivity contribution in [1.82, 2.24) is 10.3 Å². The Labute approximate surface area is 152 Å². The van der Waals surface area contributed by atoms with Crippen LogP contribution in [0.5, 0.6) is 11.5 Å². The van der Waals surface area contributed by atoms with Gasteiger partial charge in [-0.2, -0.15) is 0 Å². The maximum atomic E-state index is 12.4. The van der Waals surface area contributed by atoms with Gasteiger partial charge in [-0.05, 0) is 39.3 Å². The molecule has 3 rings (SSSR count). The number of carbonyl (C=O) groups is 1. The van der Waals surface area contributed by atoms with Gasteiger partial charge in [-0.25, -0.2) is 4.98 Å². The number of hydrogen-bond donors (Lipinski definition) is 1. The molecule has 1 unspecified atom stereocenters. The third-order valence-corrected chi connectivity index (χ3v) is 5.36. The van der Waals surface area contributed by atoms with E-state index in [-0.39, 0.29) is 17.4 Å². The topological polar surface area (TPSA) is 63.7 Å². The lowest BCUT2D eigenvalue weighted by Gasteiger charge is -2.23. The van der Waals surface area contributed by atoms with Gasteiger partial charge in [0, 0.05) is 18.6 Å². The quantitative estimate of drug-likeness (QED) is 0.904. The summed E-state index contributed by atoms with van der Waals surface area (Å²) < 4.78 is 11.8. The molecular weight excluding hydrogens is 338 g/mol. The fourth-order valence-corrected chi connectivity index (χ4v) is 4.14. The molecule has 1 aromatic heterocycles. The predicted molar refractivity (Wildman–Crippen MR) is 101 cm³/mol. The van der Waals surface area contributed by atoms with Crippen LogP contribution in [0, 0.1) is 5.92 Å². The summed E-state index contributed by atoms with van der Waals surface area (Å²) >= 11 is 1.58. The van der Waals surface area contributed by atoms with Crippen molar-refractivity contribution in [2.75, 3.05) is 32.2 Å². The average Bonchev–Trinajstić information content (AvgIpc) is 3.18. The first-order valence-electron chi connectivity index (χ1n) is 8.41. The number of anilines is 1. The lowest BCUT2D eigenvalue weighted by Crippen LogP contribution is -2.44. The number of rotatable bonds is 4. The second-order valence-corrected chi connectivity index (χ2v) is 8.29. The number of thiazole rings is 1. The number of amides is 1. The average molecular weight is 363 g/mol. The molecule has 7 heteroatoms. The number of methoxy groups -OCH3 is 2. The van der Waals surface area contributed by atoms with E-state index in [9.17, 15) is 4.79 Å². The molecule has 0 aliphatic carbocycles. The lowest BCUT2D eigenvalue weighted by molar-refractivity contribution is -0.125. The van der Waals surface area contributed by atoms with Crippen LogP contribution in [0.4, 0.5) is 5.13 Å². The Morgan fingerprint density at radius 1 is 1.28 bits per heavy atom. The van der Waals surface area contributed by atoms with Crippen molar-refractivity contribution in [2.45, 2.75) is 32.7 Å². The van der Waals surface area contributed by atoms with Gasteiger partial charge in [0.15, 0.2) is 5.13 Å². The van der Waals surface area contributed by atoms with Gasteiger partial charge in [0.05, 0.1) is 20.1 Å². The molecule has 1 saturated heterocycles. The monoisotopic (exact) mass is 363 g/mol. The second kappa shape index (κ2) is 6.71. The van der Waals surface area contributed by atoms with E-state index in [1.54, 1.807) is 25.6 Å². The van der Waals surface area contributed by atoms with Gasteiger partial charge in [-0.1, -0.05) is 11.3 Å². The van der Waals surface area contributed by atoms with Crippen LogP contribution in [-0.2, 0) is 4.79 Å². The molecule has 0 radical (unpaired) electrons. The van der Waals surface area contributed by atoms with Crippen molar-refractivity contribution in [1.29, 1.82) is 0 Å². The van der Waals surface area contributed by atoms with Crippen molar-refractivity contribution in [3.63, 3.8) is 0 Å². The van der Waals surface area contributed by atoms with Gasteiger partial charge >= 0.3 is 0 Å². The van der Waals surface area contributed by atoms with Gasteiger partial charge in [-0.3, -0.25) is 4.79 Å². The molecule has 6 nitrogen and oxygen atoms in total. The number of fused-ring (bicyclic) bond motifs is 1. The van der Waals surface area contributed by atoms with E-state index < -0.39 is 0 Å². The summed E-state index contributed by atoms with van der Waals surface area (Å²) in [6.07, 6.45) is 0.839. The lowest BCUT2D eigenvalue weighted by atomic mass is 10.0. The molecule has 1 fully saturated rings. The molecule has 1 aromatic carbocycles. The molecule has 1 aliphatic rings. The Morgan fingerprint density at radius 3 is 2.60 bits per heavy atom. The van der Waals surface area contributed by atoms with Crippen molar-refractivity contribution in [3.8, 4) is 11.5 Å². The number of nitrogens with zero attached hydrogens (tertiary/aromatic N) is 2. The third-order valence-electron chi connectivity index (χ3n) is 4.23. The maximum absolute atomic E-state index is 12.4. The van der Waals surface area contributed by atoms with Crippen LogP contribution in [0.1, 0.15) is 27.2 Å². The molecule has 0 bridgehead atoms. The Bertz CT molecular complexity index is 741. The first kappa shape index (κ1) is 17.8. The summed E-state index contributed by atoms with van der Waals surface area (Å²) in [5.41, 5.74) is 0.602.